The Morgan fingerprint density at radius 1 is 1.09 bits per heavy atom. The summed E-state index contributed by atoms with van der Waals surface area (Å²) in [5.74, 6) is -0.450. The third-order valence-electron chi connectivity index (χ3n) is 6.05. The number of allylic oxidation sites excluding steroid dienone is 1. The van der Waals surface area contributed by atoms with Gasteiger partial charge >= 0.3 is 5.97 Å². The molecule has 2 aromatic carbocycles. The number of amidine groups is 1. The van der Waals surface area contributed by atoms with Crippen molar-refractivity contribution in [1.82, 2.24) is 4.90 Å². The van der Waals surface area contributed by atoms with Gasteiger partial charge in [-0.15, -0.1) is 0 Å². The highest BCUT2D eigenvalue weighted by molar-refractivity contribution is 8.15. The van der Waals surface area contributed by atoms with Crippen LogP contribution < -0.4 is 0 Å². The summed E-state index contributed by atoms with van der Waals surface area (Å²) >= 11 is 1.48. The summed E-state index contributed by atoms with van der Waals surface area (Å²) in [6.07, 6.45) is 0.710. The Balaban J connectivity index is 1.72. The van der Waals surface area contributed by atoms with Crippen LogP contribution in [0, 0.1) is 0 Å². The zero-order valence-corrected chi connectivity index (χ0v) is 20.6. The van der Waals surface area contributed by atoms with Gasteiger partial charge in [-0.25, -0.2) is 9.79 Å². The van der Waals surface area contributed by atoms with Crippen LogP contribution in [0.2, 0.25) is 0 Å². The maximum atomic E-state index is 13.3. The van der Waals surface area contributed by atoms with E-state index in [1.807, 2.05) is 56.3 Å². The zero-order valence-electron chi connectivity index (χ0n) is 19.8. The maximum absolute atomic E-state index is 13.3. The van der Waals surface area contributed by atoms with Crippen LogP contribution in [0.3, 0.4) is 0 Å². The van der Waals surface area contributed by atoms with E-state index in [2.05, 4.69) is 37.9 Å². The van der Waals surface area contributed by atoms with E-state index in [4.69, 9.17) is 4.74 Å². The molecule has 4 rings (SSSR count). The first-order valence-electron chi connectivity index (χ1n) is 11.3. The molecule has 1 fully saturated rings. The minimum absolute atomic E-state index is 0.00740. The molecule has 0 spiro atoms. The van der Waals surface area contributed by atoms with E-state index < -0.39 is 12.0 Å². The molecule has 33 heavy (non-hydrogen) atoms. The molecule has 0 aromatic heterocycles. The topological polar surface area (TPSA) is 59.0 Å². The van der Waals surface area contributed by atoms with Gasteiger partial charge in [0.05, 0.1) is 22.6 Å². The molecule has 172 valence electrons. The number of esters is 1. The number of aliphatic imine (C=N–C) groups is 1. The van der Waals surface area contributed by atoms with Gasteiger partial charge in [0.25, 0.3) is 0 Å². The van der Waals surface area contributed by atoms with Gasteiger partial charge in [0.15, 0.2) is 5.17 Å². The molecule has 2 aliphatic rings. The number of benzene rings is 2. The lowest BCUT2D eigenvalue weighted by Crippen LogP contribution is -2.40. The molecule has 2 heterocycles. The number of hydrogen-bond acceptors (Lipinski definition) is 5. The first kappa shape index (κ1) is 23.3. The van der Waals surface area contributed by atoms with Gasteiger partial charge in [-0.3, -0.25) is 9.69 Å². The number of carbonyl (C=O) groups excluding carboxylic acids is 2. The number of hydrogen-bond donors (Lipinski definition) is 0. The summed E-state index contributed by atoms with van der Waals surface area (Å²) in [5.41, 5.74) is 4.01. The fraction of sp³-hybridized carbons (Fsp3) is 0.370. The molecule has 1 saturated heterocycles. The van der Waals surface area contributed by atoms with Crippen molar-refractivity contribution in [2.45, 2.75) is 64.4 Å². The molecule has 0 N–H and O–H groups in total. The van der Waals surface area contributed by atoms with Crippen molar-refractivity contribution >= 4 is 28.8 Å². The Kier molecular flexibility index (Phi) is 6.48. The van der Waals surface area contributed by atoms with Crippen LogP contribution in [-0.2, 0) is 26.3 Å². The van der Waals surface area contributed by atoms with Crippen LogP contribution >= 0.6 is 11.8 Å². The van der Waals surface area contributed by atoms with Crippen molar-refractivity contribution in [2.75, 3.05) is 0 Å². The minimum atomic E-state index is -0.550. The smallest absolute Gasteiger partial charge is 0.338 e. The van der Waals surface area contributed by atoms with Gasteiger partial charge in [0, 0.05) is 0 Å². The second-order valence-electron chi connectivity index (χ2n) is 9.45. The van der Waals surface area contributed by atoms with E-state index in [1.165, 1.54) is 17.3 Å². The molecule has 5 nitrogen and oxygen atoms in total. The van der Waals surface area contributed by atoms with Gasteiger partial charge in [-0.05, 0) is 35.4 Å². The molecule has 2 aromatic rings. The SMILES string of the molecule is CCC1SC2=NC(C)=C(C(=O)OCc3ccccc3)C(c3ccc(C(C)(C)C)cc3)N2C1=O. The highest BCUT2D eigenvalue weighted by Gasteiger charge is 2.47. The molecule has 0 saturated carbocycles. The largest absolute Gasteiger partial charge is 0.457 e. The number of fused-ring (bicyclic) bond motifs is 1. The van der Waals surface area contributed by atoms with Crippen molar-refractivity contribution in [3.05, 3.63) is 82.6 Å². The zero-order chi connectivity index (χ0) is 23.8. The van der Waals surface area contributed by atoms with Crippen LogP contribution in [-0.4, -0.2) is 27.2 Å². The highest BCUT2D eigenvalue weighted by atomic mass is 32.2. The second kappa shape index (κ2) is 9.18. The number of nitrogens with zero attached hydrogens (tertiary/aromatic N) is 2. The van der Waals surface area contributed by atoms with Gasteiger partial charge in [-0.1, -0.05) is 94.1 Å². The predicted octanol–water partition coefficient (Wildman–Crippen LogP) is 5.77. The Labute approximate surface area is 199 Å². The average Bonchev–Trinajstić information content (AvgIpc) is 3.11. The van der Waals surface area contributed by atoms with Crippen LogP contribution in [0.5, 0.6) is 0 Å². The summed E-state index contributed by atoms with van der Waals surface area (Å²) < 4.78 is 5.69. The van der Waals surface area contributed by atoms with Crippen LogP contribution in [0.1, 0.15) is 63.8 Å². The molecule has 2 atom stereocenters. The van der Waals surface area contributed by atoms with Crippen molar-refractivity contribution in [1.29, 1.82) is 0 Å². The third kappa shape index (κ3) is 4.62. The van der Waals surface area contributed by atoms with E-state index in [9.17, 15) is 9.59 Å². The molecular weight excluding hydrogens is 432 g/mol. The first-order chi connectivity index (χ1) is 15.7. The number of carbonyl (C=O) groups is 2. The fourth-order valence-corrected chi connectivity index (χ4v) is 5.27. The summed E-state index contributed by atoms with van der Waals surface area (Å²) in [7, 11) is 0. The first-order valence-corrected chi connectivity index (χ1v) is 12.2. The van der Waals surface area contributed by atoms with Crippen molar-refractivity contribution < 1.29 is 14.3 Å². The molecule has 0 radical (unpaired) electrons. The summed E-state index contributed by atoms with van der Waals surface area (Å²) in [4.78, 5) is 33.0. The minimum Gasteiger partial charge on any atom is -0.457 e. The van der Waals surface area contributed by atoms with Crippen molar-refractivity contribution in [2.24, 2.45) is 4.99 Å². The lowest BCUT2D eigenvalue weighted by Gasteiger charge is -2.33. The summed E-state index contributed by atoms with van der Waals surface area (Å²) in [6, 6.07) is 17.2. The molecule has 1 amide bonds. The van der Waals surface area contributed by atoms with Gasteiger partial charge in [-0.2, -0.15) is 0 Å². The third-order valence-corrected chi connectivity index (χ3v) is 7.37. The summed E-state index contributed by atoms with van der Waals surface area (Å²) in [5, 5.41) is 0.474. The molecule has 0 aliphatic carbocycles. The number of thioether (sulfide) groups is 1. The fourth-order valence-electron chi connectivity index (χ4n) is 4.13. The lowest BCUT2D eigenvalue weighted by molar-refractivity contribution is -0.141. The second-order valence-corrected chi connectivity index (χ2v) is 10.6. The van der Waals surface area contributed by atoms with Gasteiger partial charge in [0.2, 0.25) is 5.91 Å². The molecule has 0 bridgehead atoms. The number of ether oxygens (including phenoxy) is 1. The summed E-state index contributed by atoms with van der Waals surface area (Å²) in [6.45, 7) is 10.5. The Bertz CT molecular complexity index is 1110. The Morgan fingerprint density at radius 2 is 1.76 bits per heavy atom. The van der Waals surface area contributed by atoms with E-state index in [-0.39, 0.29) is 23.2 Å². The van der Waals surface area contributed by atoms with Crippen molar-refractivity contribution in [3.63, 3.8) is 0 Å². The van der Waals surface area contributed by atoms with Crippen LogP contribution in [0.4, 0.5) is 0 Å². The Hall–Kier alpha value is -2.86. The monoisotopic (exact) mass is 462 g/mol. The standard InChI is InChI=1S/C27H30N2O3S/c1-6-21-24(30)29-23(19-12-14-20(15-13-19)27(3,4)5)22(17(2)28-26(29)33-21)25(31)32-16-18-10-8-7-9-11-18/h7-15,21,23H,6,16H2,1-5H3. The maximum Gasteiger partial charge on any atom is 0.338 e. The van der Waals surface area contributed by atoms with E-state index in [0.29, 0.717) is 22.9 Å². The van der Waals surface area contributed by atoms with Crippen LogP contribution in [0.25, 0.3) is 0 Å². The van der Waals surface area contributed by atoms with E-state index in [1.54, 1.807) is 4.90 Å². The molecular formula is C27H30N2O3S. The highest BCUT2D eigenvalue weighted by Crippen LogP contribution is 2.44. The predicted molar refractivity (Wildman–Crippen MR) is 133 cm³/mol. The van der Waals surface area contributed by atoms with Gasteiger partial charge < -0.3 is 4.74 Å². The molecule has 2 aliphatic heterocycles. The Morgan fingerprint density at radius 3 is 2.36 bits per heavy atom. The normalized spacial score (nSPS) is 20.6. The van der Waals surface area contributed by atoms with Crippen molar-refractivity contribution in [3.8, 4) is 0 Å². The molecule has 6 heteroatoms. The molecule has 2 unspecified atom stereocenters. The number of amides is 1. The van der Waals surface area contributed by atoms with E-state index >= 15 is 0 Å². The number of rotatable bonds is 5. The van der Waals surface area contributed by atoms with Crippen LogP contribution in [0.15, 0.2) is 70.9 Å². The quantitative estimate of drug-likeness (QED) is 0.530. The average molecular weight is 463 g/mol. The van der Waals surface area contributed by atoms with Gasteiger partial charge in [0.1, 0.15) is 6.61 Å². The van der Waals surface area contributed by atoms with E-state index in [0.717, 1.165) is 11.1 Å². The lowest BCUT2D eigenvalue weighted by atomic mass is 9.85.